The van der Waals surface area contributed by atoms with Gasteiger partial charge in [0.15, 0.2) is 5.13 Å². The minimum absolute atomic E-state index is 0.0830. The van der Waals surface area contributed by atoms with Gasteiger partial charge in [-0.05, 0) is 30.7 Å². The molecule has 0 saturated heterocycles. The Morgan fingerprint density at radius 1 is 1.12 bits per heavy atom. The Morgan fingerprint density at radius 2 is 1.85 bits per heavy atom. The number of nitrogens with one attached hydrogen (secondary N) is 3. The van der Waals surface area contributed by atoms with Crippen molar-refractivity contribution in [3.05, 3.63) is 59.1 Å². The number of para-hydroxylation sites is 1. The van der Waals surface area contributed by atoms with Crippen LogP contribution in [0.15, 0.2) is 48.5 Å². The molecule has 1 unspecified atom stereocenters. The zero-order valence-corrected chi connectivity index (χ0v) is 15.5. The number of fused-ring (bicyclic) bond motifs is 1. The van der Waals surface area contributed by atoms with Crippen molar-refractivity contribution in [1.29, 1.82) is 0 Å². The van der Waals surface area contributed by atoms with Gasteiger partial charge in [0, 0.05) is 5.02 Å². The molecule has 0 aliphatic rings. The van der Waals surface area contributed by atoms with E-state index in [9.17, 15) is 9.59 Å². The van der Waals surface area contributed by atoms with Gasteiger partial charge < -0.3 is 5.32 Å². The number of benzene rings is 2. The highest BCUT2D eigenvalue weighted by atomic mass is 35.5. The summed E-state index contributed by atoms with van der Waals surface area (Å²) in [6, 6.07) is 14.3. The minimum Gasteiger partial charge on any atom is -0.350 e. The van der Waals surface area contributed by atoms with Crippen LogP contribution < -0.4 is 16.2 Å². The van der Waals surface area contributed by atoms with Gasteiger partial charge in [-0.15, -0.1) is 0 Å². The quantitative estimate of drug-likeness (QED) is 0.586. The van der Waals surface area contributed by atoms with Crippen molar-refractivity contribution in [3.8, 4) is 0 Å². The second kappa shape index (κ2) is 8.16. The second-order valence-corrected chi connectivity index (χ2v) is 7.10. The number of rotatable bonds is 5. The fraction of sp³-hybridized carbons (Fsp3) is 0.167. The van der Waals surface area contributed by atoms with Crippen molar-refractivity contribution < 1.29 is 9.59 Å². The Morgan fingerprint density at radius 3 is 2.62 bits per heavy atom. The molecule has 1 aromatic heterocycles. The second-order valence-electron chi connectivity index (χ2n) is 5.66. The van der Waals surface area contributed by atoms with E-state index in [0.29, 0.717) is 15.7 Å². The number of hydrogen-bond donors (Lipinski definition) is 3. The van der Waals surface area contributed by atoms with E-state index in [2.05, 4.69) is 21.2 Å². The van der Waals surface area contributed by atoms with Gasteiger partial charge in [0.2, 0.25) is 5.91 Å². The standard InChI is InChI=1S/C18H17ClN4O2S/c1-11(20-18-21-14-8-4-5-9-15(14)26-18)17(25)23-22-16(24)10-12-6-2-3-7-13(12)19/h2-9,11H,10H2,1H3,(H,20,21)(H,22,24)(H,23,25). The predicted octanol–water partition coefficient (Wildman–Crippen LogP) is 3.14. The first-order valence-corrected chi connectivity index (χ1v) is 9.16. The molecule has 0 spiro atoms. The maximum Gasteiger partial charge on any atom is 0.260 e. The highest BCUT2D eigenvalue weighted by Crippen LogP contribution is 2.25. The summed E-state index contributed by atoms with van der Waals surface area (Å²) in [5, 5.41) is 4.20. The number of amides is 2. The van der Waals surface area contributed by atoms with E-state index < -0.39 is 6.04 Å². The first kappa shape index (κ1) is 18.2. The summed E-state index contributed by atoms with van der Waals surface area (Å²) in [5.41, 5.74) is 6.38. The SMILES string of the molecule is CC(Nc1nc2ccccc2s1)C(=O)NNC(=O)Cc1ccccc1Cl. The van der Waals surface area contributed by atoms with Crippen LogP contribution >= 0.6 is 22.9 Å². The molecular formula is C18H17ClN4O2S. The number of thiazole rings is 1. The number of anilines is 1. The third kappa shape index (κ3) is 4.50. The number of nitrogens with zero attached hydrogens (tertiary/aromatic N) is 1. The zero-order chi connectivity index (χ0) is 18.5. The van der Waals surface area contributed by atoms with Crippen molar-refractivity contribution >= 4 is 50.1 Å². The monoisotopic (exact) mass is 388 g/mol. The zero-order valence-electron chi connectivity index (χ0n) is 14.0. The van der Waals surface area contributed by atoms with E-state index in [0.717, 1.165) is 10.2 Å². The molecule has 0 saturated carbocycles. The van der Waals surface area contributed by atoms with E-state index in [1.165, 1.54) is 11.3 Å². The molecule has 2 aromatic carbocycles. The number of carbonyl (C=O) groups is 2. The lowest BCUT2D eigenvalue weighted by Crippen LogP contribution is -2.48. The summed E-state index contributed by atoms with van der Waals surface area (Å²) in [6.07, 6.45) is 0.0830. The molecule has 134 valence electrons. The summed E-state index contributed by atoms with van der Waals surface area (Å²) >= 11 is 7.49. The van der Waals surface area contributed by atoms with Crippen LogP contribution in [-0.4, -0.2) is 22.8 Å². The third-order valence-electron chi connectivity index (χ3n) is 3.66. The first-order chi connectivity index (χ1) is 12.5. The normalized spacial score (nSPS) is 11.8. The van der Waals surface area contributed by atoms with Gasteiger partial charge in [-0.1, -0.05) is 53.3 Å². The van der Waals surface area contributed by atoms with Crippen LogP contribution in [0.1, 0.15) is 12.5 Å². The Balaban J connectivity index is 1.51. The molecule has 0 radical (unpaired) electrons. The minimum atomic E-state index is -0.559. The summed E-state index contributed by atoms with van der Waals surface area (Å²) < 4.78 is 1.04. The Bertz CT molecular complexity index is 911. The smallest absolute Gasteiger partial charge is 0.260 e. The Labute approximate surface area is 159 Å². The maximum absolute atomic E-state index is 12.1. The van der Waals surface area contributed by atoms with Crippen LogP contribution in [0.2, 0.25) is 5.02 Å². The fourth-order valence-electron chi connectivity index (χ4n) is 2.28. The van der Waals surface area contributed by atoms with Crippen LogP contribution in [0.3, 0.4) is 0 Å². The van der Waals surface area contributed by atoms with Crippen LogP contribution in [0, 0.1) is 0 Å². The molecular weight excluding hydrogens is 372 g/mol. The molecule has 1 atom stereocenters. The fourth-order valence-corrected chi connectivity index (χ4v) is 3.44. The van der Waals surface area contributed by atoms with E-state index >= 15 is 0 Å². The summed E-state index contributed by atoms with van der Waals surface area (Å²) in [7, 11) is 0. The highest BCUT2D eigenvalue weighted by Gasteiger charge is 2.15. The van der Waals surface area contributed by atoms with Gasteiger partial charge in [0.05, 0.1) is 16.6 Å². The number of aromatic nitrogens is 1. The molecule has 3 rings (SSSR count). The van der Waals surface area contributed by atoms with Gasteiger partial charge in [0.1, 0.15) is 6.04 Å². The predicted molar refractivity (Wildman–Crippen MR) is 104 cm³/mol. The lowest BCUT2D eigenvalue weighted by atomic mass is 10.1. The molecule has 3 N–H and O–H groups in total. The molecule has 0 fully saturated rings. The summed E-state index contributed by atoms with van der Waals surface area (Å²) in [4.78, 5) is 28.5. The molecule has 8 heteroatoms. The van der Waals surface area contributed by atoms with Crippen molar-refractivity contribution in [3.63, 3.8) is 0 Å². The number of hydrogen-bond acceptors (Lipinski definition) is 5. The van der Waals surface area contributed by atoms with Crippen molar-refractivity contribution in [2.24, 2.45) is 0 Å². The van der Waals surface area contributed by atoms with Gasteiger partial charge in [-0.25, -0.2) is 4.98 Å². The lowest BCUT2D eigenvalue weighted by Gasteiger charge is -2.14. The van der Waals surface area contributed by atoms with E-state index in [4.69, 9.17) is 11.6 Å². The van der Waals surface area contributed by atoms with Gasteiger partial charge in [-0.3, -0.25) is 20.4 Å². The van der Waals surface area contributed by atoms with Crippen LogP contribution in [0.4, 0.5) is 5.13 Å². The molecule has 26 heavy (non-hydrogen) atoms. The van der Waals surface area contributed by atoms with Crippen molar-refractivity contribution in [1.82, 2.24) is 15.8 Å². The molecule has 2 amide bonds. The van der Waals surface area contributed by atoms with E-state index in [1.807, 2.05) is 24.3 Å². The highest BCUT2D eigenvalue weighted by molar-refractivity contribution is 7.22. The Kier molecular flexibility index (Phi) is 5.70. The average Bonchev–Trinajstić information content (AvgIpc) is 3.03. The molecule has 3 aromatic rings. The number of carbonyl (C=O) groups excluding carboxylic acids is 2. The third-order valence-corrected chi connectivity index (χ3v) is 5.00. The average molecular weight is 389 g/mol. The number of hydrazine groups is 1. The topological polar surface area (TPSA) is 83.1 Å². The van der Waals surface area contributed by atoms with Crippen LogP contribution in [0.5, 0.6) is 0 Å². The molecule has 0 bridgehead atoms. The molecule has 1 heterocycles. The van der Waals surface area contributed by atoms with Crippen LogP contribution in [0.25, 0.3) is 10.2 Å². The Hall–Kier alpha value is -2.64. The van der Waals surface area contributed by atoms with Crippen LogP contribution in [-0.2, 0) is 16.0 Å². The van der Waals surface area contributed by atoms with Gasteiger partial charge in [0.25, 0.3) is 5.91 Å². The number of halogens is 1. The largest absolute Gasteiger partial charge is 0.350 e. The van der Waals surface area contributed by atoms with E-state index in [1.54, 1.807) is 31.2 Å². The maximum atomic E-state index is 12.1. The molecule has 0 aliphatic heterocycles. The van der Waals surface area contributed by atoms with Crippen molar-refractivity contribution in [2.45, 2.75) is 19.4 Å². The molecule has 0 aliphatic carbocycles. The summed E-state index contributed by atoms with van der Waals surface area (Å²) in [5.74, 6) is -0.713. The molecule has 6 nitrogen and oxygen atoms in total. The van der Waals surface area contributed by atoms with Crippen molar-refractivity contribution in [2.75, 3.05) is 5.32 Å². The van der Waals surface area contributed by atoms with Gasteiger partial charge >= 0.3 is 0 Å². The van der Waals surface area contributed by atoms with E-state index in [-0.39, 0.29) is 18.2 Å². The lowest BCUT2D eigenvalue weighted by molar-refractivity contribution is -0.128. The van der Waals surface area contributed by atoms with Gasteiger partial charge in [-0.2, -0.15) is 0 Å². The summed E-state index contributed by atoms with van der Waals surface area (Å²) in [6.45, 7) is 1.70. The first-order valence-electron chi connectivity index (χ1n) is 7.97.